The first-order valence-corrected chi connectivity index (χ1v) is 6.19. The van der Waals surface area contributed by atoms with Gasteiger partial charge < -0.3 is 21.1 Å². The summed E-state index contributed by atoms with van der Waals surface area (Å²) in [4.78, 5) is 22.3. The highest BCUT2D eigenvalue weighted by molar-refractivity contribution is 5.70. The lowest BCUT2D eigenvalue weighted by molar-refractivity contribution is 0.0375. The molecule has 6 N–H and O–H groups in total. The number of H-pyrrole nitrogens is 1. The second-order valence-corrected chi connectivity index (χ2v) is 4.92. The lowest BCUT2D eigenvalue weighted by Crippen LogP contribution is -2.44. The van der Waals surface area contributed by atoms with Gasteiger partial charge in [-0.05, 0) is 24.8 Å². The number of aromatic amines is 1. The van der Waals surface area contributed by atoms with Gasteiger partial charge >= 0.3 is 0 Å². The van der Waals surface area contributed by atoms with Crippen LogP contribution >= 0.6 is 0 Å². The van der Waals surface area contributed by atoms with Gasteiger partial charge in [-0.2, -0.15) is 4.98 Å². The van der Waals surface area contributed by atoms with Crippen LogP contribution in [-0.4, -0.2) is 37.8 Å². The zero-order valence-corrected chi connectivity index (χ0v) is 10.3. The monoisotopic (exact) mass is 264 g/mol. The van der Waals surface area contributed by atoms with Crippen LogP contribution in [0.1, 0.15) is 12.5 Å². The number of nitrogen functional groups attached to an aromatic ring is 1. The fourth-order valence-corrected chi connectivity index (χ4v) is 2.84. The molecule has 0 bridgehead atoms. The molecule has 0 aromatic carbocycles. The Bertz CT molecular complexity index is 663. The molecule has 0 aliphatic heterocycles. The summed E-state index contributed by atoms with van der Waals surface area (Å²) in [5.41, 5.74) is 11.7. The first kappa shape index (κ1) is 12.1. The molecule has 1 fully saturated rings. The highest BCUT2D eigenvalue weighted by Gasteiger charge is 2.41. The van der Waals surface area contributed by atoms with Crippen molar-refractivity contribution in [3.8, 4) is 0 Å². The number of rotatable bonds is 3. The number of nitrogens with one attached hydrogen (secondary N) is 1. The number of fused-ring (bicyclic) bond motifs is 1. The van der Waals surface area contributed by atoms with Gasteiger partial charge in [-0.3, -0.25) is 9.78 Å². The fraction of sp³-hybridized carbons (Fsp3) is 0.545. The highest BCUT2D eigenvalue weighted by atomic mass is 16.3. The average molecular weight is 264 g/mol. The molecule has 1 aliphatic rings. The third-order valence-electron chi connectivity index (χ3n) is 3.96. The molecule has 1 aliphatic carbocycles. The van der Waals surface area contributed by atoms with E-state index in [9.17, 15) is 9.90 Å². The average Bonchev–Trinajstić information content (AvgIpc) is 2.73. The standard InChI is InChI=1S/C11H16N6O2/c12-2-6-5(3-18)1-7(6)17-4-14-8-9(17)15-11(13)16-10(8)19/h4-7,18H,1-3,12H2,(H3,13,15,16,19). The third kappa shape index (κ3) is 1.71. The van der Waals surface area contributed by atoms with Crippen molar-refractivity contribution >= 4 is 17.1 Å². The molecule has 2 aromatic rings. The van der Waals surface area contributed by atoms with E-state index in [1.54, 1.807) is 6.33 Å². The van der Waals surface area contributed by atoms with Crippen LogP contribution in [0, 0.1) is 11.8 Å². The summed E-state index contributed by atoms with van der Waals surface area (Å²) >= 11 is 0. The number of hydrogen-bond donors (Lipinski definition) is 4. The predicted molar refractivity (Wildman–Crippen MR) is 69.3 cm³/mol. The molecule has 8 heteroatoms. The first-order chi connectivity index (χ1) is 9.15. The van der Waals surface area contributed by atoms with Crippen LogP contribution in [0.3, 0.4) is 0 Å². The molecule has 2 aromatic heterocycles. The zero-order chi connectivity index (χ0) is 13.6. The van der Waals surface area contributed by atoms with E-state index in [0.717, 1.165) is 6.42 Å². The summed E-state index contributed by atoms with van der Waals surface area (Å²) in [6.07, 6.45) is 2.39. The van der Waals surface area contributed by atoms with Gasteiger partial charge in [-0.1, -0.05) is 0 Å². The third-order valence-corrected chi connectivity index (χ3v) is 3.96. The molecule has 0 spiro atoms. The van der Waals surface area contributed by atoms with E-state index in [1.807, 2.05) is 4.57 Å². The summed E-state index contributed by atoms with van der Waals surface area (Å²) in [5, 5.41) is 9.23. The van der Waals surface area contributed by atoms with Crippen molar-refractivity contribution in [2.45, 2.75) is 12.5 Å². The van der Waals surface area contributed by atoms with Crippen LogP contribution in [0.2, 0.25) is 0 Å². The Morgan fingerprint density at radius 1 is 1.58 bits per heavy atom. The van der Waals surface area contributed by atoms with Gasteiger partial charge in [0.2, 0.25) is 5.95 Å². The number of nitrogens with two attached hydrogens (primary N) is 2. The predicted octanol–water partition coefficient (Wildman–Crippen LogP) is -1.17. The van der Waals surface area contributed by atoms with Gasteiger partial charge in [0.15, 0.2) is 11.2 Å². The topological polar surface area (TPSA) is 136 Å². The van der Waals surface area contributed by atoms with E-state index < -0.39 is 0 Å². The molecule has 3 atom stereocenters. The second-order valence-electron chi connectivity index (χ2n) is 4.92. The summed E-state index contributed by atoms with van der Waals surface area (Å²) in [6, 6.07) is 0.112. The molecule has 1 saturated carbocycles. The SMILES string of the molecule is NCC1C(CO)CC1n1cnc2c(=O)[nH]c(N)nc21. The van der Waals surface area contributed by atoms with E-state index in [0.29, 0.717) is 12.2 Å². The normalized spacial score (nSPS) is 26.5. The van der Waals surface area contributed by atoms with Gasteiger partial charge in [0.25, 0.3) is 5.56 Å². The minimum absolute atomic E-state index is 0.0709. The lowest BCUT2D eigenvalue weighted by Gasteiger charge is -2.44. The number of aromatic nitrogens is 4. The molecule has 0 saturated heterocycles. The maximum absolute atomic E-state index is 11.7. The van der Waals surface area contributed by atoms with Gasteiger partial charge in [0, 0.05) is 12.6 Å². The number of anilines is 1. The van der Waals surface area contributed by atoms with Gasteiger partial charge in [-0.25, -0.2) is 4.98 Å². The van der Waals surface area contributed by atoms with Crippen LogP contribution < -0.4 is 17.0 Å². The molecule has 0 amide bonds. The van der Waals surface area contributed by atoms with E-state index in [2.05, 4.69) is 15.0 Å². The van der Waals surface area contributed by atoms with Crippen molar-refractivity contribution in [2.24, 2.45) is 17.6 Å². The second kappa shape index (κ2) is 4.32. The Morgan fingerprint density at radius 2 is 2.37 bits per heavy atom. The summed E-state index contributed by atoms with van der Waals surface area (Å²) < 4.78 is 1.84. The fourth-order valence-electron chi connectivity index (χ4n) is 2.84. The van der Waals surface area contributed by atoms with Gasteiger partial charge in [-0.15, -0.1) is 0 Å². The Hall–Kier alpha value is -1.93. The first-order valence-electron chi connectivity index (χ1n) is 6.19. The van der Waals surface area contributed by atoms with E-state index in [4.69, 9.17) is 11.5 Å². The summed E-state index contributed by atoms with van der Waals surface area (Å²) in [6.45, 7) is 0.607. The minimum Gasteiger partial charge on any atom is -0.396 e. The molecule has 3 unspecified atom stereocenters. The minimum atomic E-state index is -0.344. The van der Waals surface area contributed by atoms with Crippen LogP contribution in [0.15, 0.2) is 11.1 Å². The lowest BCUT2D eigenvalue weighted by atomic mass is 9.69. The van der Waals surface area contributed by atoms with Crippen molar-refractivity contribution in [3.63, 3.8) is 0 Å². The number of nitrogens with zero attached hydrogens (tertiary/aromatic N) is 3. The van der Waals surface area contributed by atoms with Crippen LogP contribution in [0.5, 0.6) is 0 Å². The Kier molecular flexibility index (Phi) is 2.76. The number of aliphatic hydroxyl groups is 1. The zero-order valence-electron chi connectivity index (χ0n) is 10.3. The summed E-state index contributed by atoms with van der Waals surface area (Å²) in [5.74, 6) is 0.443. The Balaban J connectivity index is 2.05. The number of aliphatic hydroxyl groups excluding tert-OH is 1. The largest absolute Gasteiger partial charge is 0.396 e. The molecular formula is C11H16N6O2. The molecule has 3 rings (SSSR count). The number of hydrogen-bond acceptors (Lipinski definition) is 6. The van der Waals surface area contributed by atoms with Gasteiger partial charge in [0.1, 0.15) is 0 Å². The molecule has 102 valence electrons. The van der Waals surface area contributed by atoms with Crippen LogP contribution in [0.4, 0.5) is 5.95 Å². The van der Waals surface area contributed by atoms with E-state index in [1.165, 1.54) is 0 Å². The quantitative estimate of drug-likeness (QED) is 0.551. The van der Waals surface area contributed by atoms with Crippen molar-refractivity contribution in [2.75, 3.05) is 18.9 Å². The highest BCUT2D eigenvalue weighted by Crippen LogP contribution is 2.43. The number of imidazole rings is 1. The molecule has 19 heavy (non-hydrogen) atoms. The maximum atomic E-state index is 11.7. The van der Waals surface area contributed by atoms with Crippen molar-refractivity contribution in [3.05, 3.63) is 16.7 Å². The van der Waals surface area contributed by atoms with E-state index in [-0.39, 0.29) is 41.5 Å². The summed E-state index contributed by atoms with van der Waals surface area (Å²) in [7, 11) is 0. The molecular weight excluding hydrogens is 248 g/mol. The van der Waals surface area contributed by atoms with Crippen molar-refractivity contribution in [1.29, 1.82) is 0 Å². The van der Waals surface area contributed by atoms with Crippen LogP contribution in [-0.2, 0) is 0 Å². The van der Waals surface area contributed by atoms with Gasteiger partial charge in [0.05, 0.1) is 6.33 Å². The smallest absolute Gasteiger partial charge is 0.280 e. The van der Waals surface area contributed by atoms with Crippen LogP contribution in [0.25, 0.3) is 11.2 Å². The van der Waals surface area contributed by atoms with Crippen molar-refractivity contribution < 1.29 is 5.11 Å². The van der Waals surface area contributed by atoms with E-state index >= 15 is 0 Å². The molecule has 2 heterocycles. The molecule has 0 radical (unpaired) electrons. The molecule has 8 nitrogen and oxygen atoms in total. The van der Waals surface area contributed by atoms with Crippen molar-refractivity contribution in [1.82, 2.24) is 19.5 Å². The maximum Gasteiger partial charge on any atom is 0.280 e. The Labute approximate surface area is 108 Å². The Morgan fingerprint density at radius 3 is 3.05 bits per heavy atom.